The zero-order chi connectivity index (χ0) is 25.6. The number of aliphatic hydroxyl groups excluding tert-OH is 1. The normalized spacial score (nSPS) is 11.8. The molecular formula is C30H39NO3S. The van der Waals surface area contributed by atoms with Crippen LogP contribution in [0.2, 0.25) is 0 Å². The first-order valence-electron chi connectivity index (χ1n) is 12.7. The van der Waals surface area contributed by atoms with E-state index in [4.69, 9.17) is 9.72 Å². The molecule has 0 fully saturated rings. The second-order valence-electron chi connectivity index (χ2n) is 10.2. The number of aliphatic hydroxyl groups is 1. The molecule has 0 aliphatic carbocycles. The highest BCUT2D eigenvalue weighted by Gasteiger charge is 2.21. The number of aromatic nitrogens is 1. The third-order valence-corrected chi connectivity index (χ3v) is 7.32. The molecule has 0 bridgehead atoms. The van der Waals surface area contributed by atoms with Gasteiger partial charge in [0.25, 0.3) is 0 Å². The van der Waals surface area contributed by atoms with Gasteiger partial charge in [0.05, 0.1) is 12.3 Å². The van der Waals surface area contributed by atoms with Crippen LogP contribution in [-0.4, -0.2) is 28.1 Å². The largest absolute Gasteiger partial charge is 0.485 e. The summed E-state index contributed by atoms with van der Waals surface area (Å²) in [5.74, 6) is 1.11. The van der Waals surface area contributed by atoms with E-state index in [0.29, 0.717) is 30.1 Å². The van der Waals surface area contributed by atoms with E-state index in [1.165, 1.54) is 23.3 Å². The number of carbonyl (C=O) groups is 1. The number of hydrogen-bond donors (Lipinski definition) is 1. The number of aryl methyl sites for hydroxylation is 3. The van der Waals surface area contributed by atoms with Crippen molar-refractivity contribution in [3.63, 3.8) is 0 Å². The van der Waals surface area contributed by atoms with E-state index in [9.17, 15) is 9.90 Å². The number of rotatable bonds is 12. The van der Waals surface area contributed by atoms with Crippen LogP contribution in [-0.2, 0) is 12.8 Å². The predicted molar refractivity (Wildman–Crippen MR) is 146 cm³/mol. The summed E-state index contributed by atoms with van der Waals surface area (Å²) in [6.07, 6.45) is 4.66. The summed E-state index contributed by atoms with van der Waals surface area (Å²) >= 11 is 1.71. The quantitative estimate of drug-likeness (QED) is 0.265. The second kappa shape index (κ2) is 12.0. The van der Waals surface area contributed by atoms with Crippen molar-refractivity contribution < 1.29 is 14.6 Å². The summed E-state index contributed by atoms with van der Waals surface area (Å²) in [4.78, 5) is 19.2. The molecule has 3 rings (SSSR count). The van der Waals surface area contributed by atoms with E-state index in [0.717, 1.165) is 28.2 Å². The Labute approximate surface area is 214 Å². The number of Topliss-reactive ketones (excluding diaryl/α,β-unsaturated/α-hetero) is 1. The first-order valence-corrected chi connectivity index (χ1v) is 13.5. The molecule has 3 aromatic rings. The molecule has 0 radical (unpaired) electrons. The van der Waals surface area contributed by atoms with Gasteiger partial charge in [0.1, 0.15) is 16.4 Å². The molecule has 0 amide bonds. The average Bonchev–Trinajstić information content (AvgIpc) is 3.27. The third kappa shape index (κ3) is 7.25. The summed E-state index contributed by atoms with van der Waals surface area (Å²) in [5, 5.41) is 10.5. The average molecular weight is 494 g/mol. The van der Waals surface area contributed by atoms with Gasteiger partial charge in [-0.2, -0.15) is 0 Å². The minimum absolute atomic E-state index is 0.0782. The molecular weight excluding hydrogens is 454 g/mol. The van der Waals surface area contributed by atoms with Crippen molar-refractivity contribution in [2.24, 2.45) is 0 Å². The molecule has 0 aliphatic heterocycles. The molecule has 2 aromatic carbocycles. The Morgan fingerprint density at radius 2 is 1.83 bits per heavy atom. The van der Waals surface area contributed by atoms with Crippen LogP contribution in [0.4, 0.5) is 0 Å². The molecule has 1 aromatic heterocycles. The fourth-order valence-corrected chi connectivity index (χ4v) is 5.17. The number of nitrogens with zero attached hydrogens (tertiary/aromatic N) is 1. The molecule has 0 saturated carbocycles. The van der Waals surface area contributed by atoms with Gasteiger partial charge in [-0.05, 0) is 75.3 Å². The molecule has 188 valence electrons. The summed E-state index contributed by atoms with van der Waals surface area (Å²) in [6.45, 7) is 12.1. The van der Waals surface area contributed by atoms with Crippen LogP contribution in [0.5, 0.6) is 5.75 Å². The molecule has 0 aliphatic rings. The number of ether oxygens (including phenoxy) is 1. The van der Waals surface area contributed by atoms with Crippen LogP contribution in [0.3, 0.4) is 0 Å². The lowest BCUT2D eigenvalue weighted by molar-refractivity contribution is 0.0406. The maximum Gasteiger partial charge on any atom is 0.163 e. The van der Waals surface area contributed by atoms with Crippen LogP contribution >= 0.6 is 11.3 Å². The van der Waals surface area contributed by atoms with E-state index in [1.807, 2.05) is 39.0 Å². The first kappa shape index (κ1) is 27.1. The van der Waals surface area contributed by atoms with Gasteiger partial charge >= 0.3 is 0 Å². The maximum atomic E-state index is 13.0. The topological polar surface area (TPSA) is 59.4 Å². The zero-order valence-electron chi connectivity index (χ0n) is 22.0. The van der Waals surface area contributed by atoms with E-state index < -0.39 is 5.60 Å². The van der Waals surface area contributed by atoms with Crippen molar-refractivity contribution in [1.82, 2.24) is 4.98 Å². The van der Waals surface area contributed by atoms with Gasteiger partial charge in [-0.25, -0.2) is 4.98 Å². The minimum Gasteiger partial charge on any atom is -0.485 e. The van der Waals surface area contributed by atoms with Gasteiger partial charge in [-0.1, -0.05) is 51.5 Å². The SMILES string of the molecule is CCCCc1ccc(-c2nc(C(C)C)c(CCC(=O)c3ccc(OC(C)(C)CO)c(C)c3)s2)cc1. The van der Waals surface area contributed by atoms with Crippen molar-refractivity contribution in [3.8, 4) is 16.3 Å². The summed E-state index contributed by atoms with van der Waals surface area (Å²) in [7, 11) is 0. The van der Waals surface area contributed by atoms with Crippen molar-refractivity contribution in [2.75, 3.05) is 6.61 Å². The van der Waals surface area contributed by atoms with Crippen LogP contribution < -0.4 is 4.74 Å². The highest BCUT2D eigenvalue weighted by atomic mass is 32.1. The fraction of sp³-hybridized carbons (Fsp3) is 0.467. The number of thiazole rings is 1. The fourth-order valence-electron chi connectivity index (χ4n) is 3.95. The molecule has 5 heteroatoms. The van der Waals surface area contributed by atoms with Gasteiger partial charge < -0.3 is 9.84 Å². The van der Waals surface area contributed by atoms with Gasteiger partial charge in [0, 0.05) is 22.4 Å². The standard InChI is InChI=1S/C30H39NO3S/c1-7-8-9-22-10-12-23(13-11-22)29-31-28(20(2)3)27(35-29)17-15-25(33)24-14-16-26(21(4)18-24)34-30(5,6)19-32/h10-14,16,18,20,32H,7-9,15,17,19H2,1-6H3. The Balaban J connectivity index is 1.71. The molecule has 1 N–H and O–H groups in total. The van der Waals surface area contributed by atoms with Gasteiger partial charge in [0.15, 0.2) is 5.78 Å². The third-order valence-electron chi connectivity index (χ3n) is 6.14. The molecule has 0 saturated heterocycles. The smallest absolute Gasteiger partial charge is 0.163 e. The number of hydrogen-bond acceptors (Lipinski definition) is 5. The van der Waals surface area contributed by atoms with E-state index >= 15 is 0 Å². The highest BCUT2D eigenvalue weighted by molar-refractivity contribution is 7.15. The maximum absolute atomic E-state index is 13.0. The Morgan fingerprint density at radius 1 is 1.11 bits per heavy atom. The minimum atomic E-state index is -0.663. The molecule has 0 spiro atoms. The lowest BCUT2D eigenvalue weighted by atomic mass is 10.0. The van der Waals surface area contributed by atoms with Crippen molar-refractivity contribution in [3.05, 3.63) is 69.7 Å². The van der Waals surface area contributed by atoms with Gasteiger partial charge in [0.2, 0.25) is 0 Å². The first-order chi connectivity index (χ1) is 16.6. The van der Waals surface area contributed by atoms with Crippen LogP contribution in [0, 0.1) is 6.92 Å². The van der Waals surface area contributed by atoms with Gasteiger partial charge in [-0.15, -0.1) is 11.3 Å². The van der Waals surface area contributed by atoms with E-state index in [1.54, 1.807) is 11.3 Å². The van der Waals surface area contributed by atoms with Crippen LogP contribution in [0.25, 0.3) is 10.6 Å². The zero-order valence-corrected chi connectivity index (χ0v) is 22.8. The van der Waals surface area contributed by atoms with Crippen molar-refractivity contribution in [1.29, 1.82) is 0 Å². The van der Waals surface area contributed by atoms with Gasteiger partial charge in [-0.3, -0.25) is 4.79 Å². The molecule has 1 heterocycles. The highest BCUT2D eigenvalue weighted by Crippen LogP contribution is 2.33. The number of ketones is 1. The number of unbranched alkanes of at least 4 members (excludes halogenated alkanes) is 1. The molecule has 0 atom stereocenters. The summed E-state index contributed by atoms with van der Waals surface area (Å²) < 4.78 is 5.89. The van der Waals surface area contributed by atoms with E-state index in [-0.39, 0.29) is 12.4 Å². The van der Waals surface area contributed by atoms with E-state index in [2.05, 4.69) is 45.0 Å². The predicted octanol–water partition coefficient (Wildman–Crippen LogP) is 7.55. The lowest BCUT2D eigenvalue weighted by Crippen LogP contribution is -2.32. The summed E-state index contributed by atoms with van der Waals surface area (Å²) in [5.41, 5.74) is 4.53. The Hall–Kier alpha value is -2.50. The molecule has 0 unspecified atom stereocenters. The van der Waals surface area contributed by atoms with Crippen LogP contribution in [0.1, 0.15) is 91.9 Å². The van der Waals surface area contributed by atoms with Crippen molar-refractivity contribution >= 4 is 17.1 Å². The monoisotopic (exact) mass is 493 g/mol. The number of benzene rings is 2. The molecule has 35 heavy (non-hydrogen) atoms. The molecule has 4 nitrogen and oxygen atoms in total. The Kier molecular flexibility index (Phi) is 9.26. The Morgan fingerprint density at radius 3 is 2.43 bits per heavy atom. The number of carbonyl (C=O) groups excluding carboxylic acids is 1. The van der Waals surface area contributed by atoms with Crippen molar-refractivity contribution in [2.45, 2.75) is 85.2 Å². The Bertz CT molecular complexity index is 1130. The van der Waals surface area contributed by atoms with Crippen LogP contribution in [0.15, 0.2) is 42.5 Å². The second-order valence-corrected chi connectivity index (χ2v) is 11.3. The summed E-state index contributed by atoms with van der Waals surface area (Å²) in [6, 6.07) is 14.3. The lowest BCUT2D eigenvalue weighted by Gasteiger charge is -2.25.